The maximum atomic E-state index is 13.8. The normalized spacial score (nSPS) is 13.5. The molecule has 0 spiro atoms. The minimum absolute atomic E-state index is 0.00559. The minimum atomic E-state index is -0.604. The van der Waals surface area contributed by atoms with Gasteiger partial charge < -0.3 is 4.90 Å². The Morgan fingerprint density at radius 3 is 2.40 bits per heavy atom. The van der Waals surface area contributed by atoms with Crippen LogP contribution >= 0.6 is 0 Å². The number of nitrogens with one attached hydrogen (secondary N) is 1. The number of hydrogen-bond acceptors (Lipinski definition) is 6. The molecule has 0 unspecified atom stereocenters. The second kappa shape index (κ2) is 12.3. The molecule has 1 N–H and O–H groups in total. The van der Waals surface area contributed by atoms with Crippen molar-refractivity contribution in [3.8, 4) is 22.5 Å². The van der Waals surface area contributed by atoms with E-state index in [9.17, 15) is 14.4 Å². The monoisotopic (exact) mass is 541 g/mol. The van der Waals surface area contributed by atoms with Crippen molar-refractivity contribution in [1.82, 2.24) is 24.6 Å². The number of H-pyrrole nitrogens is 1. The molecule has 9 nitrogen and oxygen atoms in total. The number of rotatable bonds is 9. The van der Waals surface area contributed by atoms with Crippen LogP contribution in [0.1, 0.15) is 61.7 Å². The Hall–Kier alpha value is -4.27. The van der Waals surface area contributed by atoms with Gasteiger partial charge in [-0.2, -0.15) is 0 Å². The molecule has 2 aromatic carbocycles. The lowest BCUT2D eigenvalue weighted by Crippen LogP contribution is -2.39. The molecule has 3 heterocycles. The van der Waals surface area contributed by atoms with Crippen LogP contribution in [0.4, 0.5) is 0 Å². The number of likely N-dealkylation sites (tertiary alicyclic amines) is 1. The van der Waals surface area contributed by atoms with Gasteiger partial charge >= 0.3 is 5.76 Å². The zero-order valence-corrected chi connectivity index (χ0v) is 23.1. The molecule has 1 aliphatic rings. The summed E-state index contributed by atoms with van der Waals surface area (Å²) in [6.45, 7) is 5.85. The smallest absolute Gasteiger partial charge is 0.342 e. The van der Waals surface area contributed by atoms with Crippen LogP contribution in [-0.4, -0.2) is 43.6 Å². The van der Waals surface area contributed by atoms with Crippen LogP contribution in [0.25, 0.3) is 22.5 Å². The van der Waals surface area contributed by atoms with Gasteiger partial charge in [0.1, 0.15) is 5.82 Å². The molecule has 40 heavy (non-hydrogen) atoms. The predicted molar refractivity (Wildman–Crippen MR) is 153 cm³/mol. The summed E-state index contributed by atoms with van der Waals surface area (Å²) in [7, 11) is 0. The molecule has 208 valence electrons. The number of nitrogens with zero attached hydrogens (tertiary/aromatic N) is 4. The third kappa shape index (κ3) is 5.98. The molecule has 9 heteroatoms. The maximum absolute atomic E-state index is 13.8. The van der Waals surface area contributed by atoms with Crippen molar-refractivity contribution in [3.05, 3.63) is 92.1 Å². The lowest BCUT2D eigenvalue weighted by molar-refractivity contribution is -0.131. The van der Waals surface area contributed by atoms with E-state index in [2.05, 4.69) is 17.1 Å². The Kier molecular flexibility index (Phi) is 8.38. The molecular formula is C31H35N5O4. The molecule has 0 saturated carbocycles. The zero-order chi connectivity index (χ0) is 28.1. The molecule has 2 aromatic heterocycles. The largest absolute Gasteiger partial charge is 0.439 e. The summed E-state index contributed by atoms with van der Waals surface area (Å²) in [5.41, 5.74) is 4.55. The summed E-state index contributed by atoms with van der Waals surface area (Å²) in [6.07, 6.45) is 5.89. The van der Waals surface area contributed by atoms with Gasteiger partial charge in [0.05, 0.1) is 13.0 Å². The Bertz CT molecular complexity index is 1590. The van der Waals surface area contributed by atoms with Crippen LogP contribution in [0.2, 0.25) is 0 Å². The molecular weight excluding hydrogens is 506 g/mol. The van der Waals surface area contributed by atoms with Crippen LogP contribution in [0.15, 0.2) is 62.6 Å². The highest BCUT2D eigenvalue weighted by molar-refractivity contribution is 5.80. The van der Waals surface area contributed by atoms with Gasteiger partial charge in [0.25, 0.3) is 5.56 Å². The average molecular weight is 542 g/mol. The topological polar surface area (TPSA) is 114 Å². The molecule has 1 saturated heterocycles. The van der Waals surface area contributed by atoms with E-state index in [1.54, 1.807) is 4.57 Å². The summed E-state index contributed by atoms with van der Waals surface area (Å²) in [5.74, 6) is 0.524. The number of aromatic nitrogens is 4. The van der Waals surface area contributed by atoms with Gasteiger partial charge in [0.15, 0.2) is 5.82 Å². The van der Waals surface area contributed by atoms with Gasteiger partial charge in [-0.1, -0.05) is 67.0 Å². The van der Waals surface area contributed by atoms with Crippen molar-refractivity contribution in [3.63, 3.8) is 0 Å². The molecule has 0 bridgehead atoms. The fourth-order valence-corrected chi connectivity index (χ4v) is 5.31. The SMILES string of the molecule is CCCCc1nc(C)c(CC(=O)N2CCCCC2)c(=O)n1Cc1ccc(-c2ccccc2-c2noc(=O)[nH]2)cc1. The number of carbonyl (C=O) groups is 1. The Labute approximate surface area is 232 Å². The minimum Gasteiger partial charge on any atom is -0.342 e. The van der Waals surface area contributed by atoms with Crippen molar-refractivity contribution >= 4 is 5.91 Å². The van der Waals surface area contributed by atoms with E-state index in [-0.39, 0.29) is 17.9 Å². The highest BCUT2D eigenvalue weighted by Crippen LogP contribution is 2.30. The summed E-state index contributed by atoms with van der Waals surface area (Å²) >= 11 is 0. The zero-order valence-electron chi connectivity index (χ0n) is 23.1. The van der Waals surface area contributed by atoms with Crippen LogP contribution in [-0.2, 0) is 24.2 Å². The highest BCUT2D eigenvalue weighted by atomic mass is 16.5. The van der Waals surface area contributed by atoms with Crippen LogP contribution < -0.4 is 11.3 Å². The van der Waals surface area contributed by atoms with Gasteiger partial charge in [-0.05, 0) is 49.3 Å². The molecule has 1 aliphatic heterocycles. The molecule has 1 fully saturated rings. The van der Waals surface area contributed by atoms with E-state index >= 15 is 0 Å². The van der Waals surface area contributed by atoms with Gasteiger partial charge in [0, 0.05) is 36.3 Å². The maximum Gasteiger partial charge on any atom is 0.439 e. The number of hydrogen-bond donors (Lipinski definition) is 1. The molecule has 5 rings (SSSR count). The summed E-state index contributed by atoms with van der Waals surface area (Å²) in [4.78, 5) is 47.6. The molecule has 0 radical (unpaired) electrons. The number of benzene rings is 2. The second-order valence-corrected chi connectivity index (χ2v) is 10.4. The van der Waals surface area contributed by atoms with Crippen LogP contribution in [0.3, 0.4) is 0 Å². The van der Waals surface area contributed by atoms with E-state index in [1.165, 1.54) is 0 Å². The Morgan fingerprint density at radius 2 is 1.73 bits per heavy atom. The summed E-state index contributed by atoms with van der Waals surface area (Å²) in [6, 6.07) is 15.6. The van der Waals surface area contributed by atoms with Crippen LogP contribution in [0.5, 0.6) is 0 Å². The fraction of sp³-hybridized carbons (Fsp3) is 0.387. The first-order valence-corrected chi connectivity index (χ1v) is 14.1. The third-order valence-electron chi connectivity index (χ3n) is 7.57. The summed E-state index contributed by atoms with van der Waals surface area (Å²) in [5, 5.41) is 3.84. The summed E-state index contributed by atoms with van der Waals surface area (Å²) < 4.78 is 6.44. The second-order valence-electron chi connectivity index (χ2n) is 10.4. The van der Waals surface area contributed by atoms with Crippen molar-refractivity contribution in [2.75, 3.05) is 13.1 Å². The number of unbranched alkanes of at least 4 members (excludes halogenated alkanes) is 1. The third-order valence-corrected chi connectivity index (χ3v) is 7.57. The van der Waals surface area contributed by atoms with E-state index in [1.807, 2.05) is 60.4 Å². The van der Waals surface area contributed by atoms with E-state index in [4.69, 9.17) is 9.51 Å². The van der Waals surface area contributed by atoms with Crippen molar-refractivity contribution < 1.29 is 9.32 Å². The molecule has 0 atom stereocenters. The number of piperidine rings is 1. The average Bonchev–Trinajstić information content (AvgIpc) is 3.42. The van der Waals surface area contributed by atoms with E-state index in [0.29, 0.717) is 30.0 Å². The van der Waals surface area contributed by atoms with Crippen molar-refractivity contribution in [2.45, 2.75) is 65.3 Å². The van der Waals surface area contributed by atoms with Crippen molar-refractivity contribution in [2.24, 2.45) is 0 Å². The standard InChI is InChI=1S/C31H35N5O4/c1-3-4-12-27-32-21(2)26(19-28(37)35-17-8-5-9-18-35)30(38)36(27)20-22-13-15-23(16-14-22)24-10-6-7-11-25(24)29-33-31(39)40-34-29/h6-7,10-11,13-16H,3-5,8-9,12,17-20H2,1-2H3,(H,33,34,39). The first kappa shape index (κ1) is 27.3. The first-order valence-electron chi connectivity index (χ1n) is 14.1. The molecule has 1 amide bonds. The van der Waals surface area contributed by atoms with E-state index in [0.717, 1.165) is 73.3 Å². The molecule has 0 aliphatic carbocycles. The van der Waals surface area contributed by atoms with Crippen molar-refractivity contribution in [1.29, 1.82) is 0 Å². The quantitative estimate of drug-likeness (QED) is 0.334. The predicted octanol–water partition coefficient (Wildman–Crippen LogP) is 4.51. The van der Waals surface area contributed by atoms with Gasteiger partial charge in [0.2, 0.25) is 5.91 Å². The number of amides is 1. The number of aromatic amines is 1. The Balaban J connectivity index is 1.44. The van der Waals surface area contributed by atoms with Gasteiger partial charge in [-0.15, -0.1) is 0 Å². The van der Waals surface area contributed by atoms with Gasteiger partial charge in [-0.3, -0.25) is 23.7 Å². The van der Waals surface area contributed by atoms with Gasteiger partial charge in [-0.25, -0.2) is 9.78 Å². The fourth-order valence-electron chi connectivity index (χ4n) is 5.31. The van der Waals surface area contributed by atoms with E-state index < -0.39 is 5.76 Å². The molecule has 4 aromatic rings. The first-order chi connectivity index (χ1) is 19.4. The number of aryl methyl sites for hydroxylation is 2. The van der Waals surface area contributed by atoms with Crippen LogP contribution in [0, 0.1) is 6.92 Å². The highest BCUT2D eigenvalue weighted by Gasteiger charge is 2.22. The lowest BCUT2D eigenvalue weighted by atomic mass is 9.98. The number of carbonyl (C=O) groups excluding carboxylic acids is 1. The lowest BCUT2D eigenvalue weighted by Gasteiger charge is -2.27. The Morgan fingerprint density at radius 1 is 1.00 bits per heavy atom.